The third kappa shape index (κ3) is 2.94. The van der Waals surface area contributed by atoms with Gasteiger partial charge in [0.25, 0.3) is 5.91 Å². The average molecular weight is 343 g/mol. The topological polar surface area (TPSA) is 83.4 Å². The van der Waals surface area contributed by atoms with Crippen LogP contribution in [0.1, 0.15) is 41.3 Å². The van der Waals surface area contributed by atoms with Crippen LogP contribution in [0, 0.1) is 18.3 Å². The van der Waals surface area contributed by atoms with Crippen LogP contribution in [-0.4, -0.2) is 44.9 Å². The average Bonchev–Trinajstić information content (AvgIpc) is 3.18. The first-order valence-corrected chi connectivity index (χ1v) is 7.57. The number of nitrogens with zero attached hydrogens (tertiary/aromatic N) is 3. The van der Waals surface area contributed by atoms with Gasteiger partial charge in [0, 0.05) is 24.2 Å². The zero-order valence-corrected chi connectivity index (χ0v) is 12.9. The molecule has 130 valence electrons. The Morgan fingerprint density at radius 2 is 2.08 bits per heavy atom. The van der Waals surface area contributed by atoms with Gasteiger partial charge in [-0.2, -0.15) is 13.2 Å². The van der Waals surface area contributed by atoms with Gasteiger partial charge in [-0.1, -0.05) is 0 Å². The molecule has 1 saturated carbocycles. The number of carboxylic acid groups (broad SMARTS) is 1. The normalized spacial score (nSPS) is 26.5. The molecule has 2 aliphatic rings. The molecule has 1 aliphatic heterocycles. The van der Waals surface area contributed by atoms with Crippen LogP contribution in [0.15, 0.2) is 6.07 Å². The number of alkyl halides is 3. The van der Waals surface area contributed by atoms with Crippen molar-refractivity contribution in [2.45, 2.75) is 32.4 Å². The second kappa shape index (κ2) is 5.42. The molecule has 24 heavy (non-hydrogen) atoms. The number of aliphatic carboxylic acids is 1. The number of aromatic nitrogens is 2. The molecule has 2 unspecified atom stereocenters. The van der Waals surface area contributed by atoms with Crippen LogP contribution >= 0.6 is 0 Å². The highest BCUT2D eigenvalue weighted by atomic mass is 19.4. The fourth-order valence-corrected chi connectivity index (χ4v) is 3.45. The minimum atomic E-state index is -4.73. The fourth-order valence-electron chi connectivity index (χ4n) is 3.45. The van der Waals surface area contributed by atoms with Crippen LogP contribution in [-0.2, 0) is 11.0 Å². The monoisotopic (exact) mass is 343 g/mol. The Morgan fingerprint density at radius 3 is 2.67 bits per heavy atom. The molecular formula is C15H16F3N3O3. The zero-order chi connectivity index (χ0) is 17.7. The Balaban J connectivity index is 1.82. The summed E-state index contributed by atoms with van der Waals surface area (Å²) >= 11 is 0. The maximum atomic E-state index is 12.8. The summed E-state index contributed by atoms with van der Waals surface area (Å²) in [6, 6.07) is 1.22. The summed E-state index contributed by atoms with van der Waals surface area (Å²) in [4.78, 5) is 31.8. The molecule has 3 rings (SSSR count). The number of piperidine rings is 1. The van der Waals surface area contributed by atoms with Crippen molar-refractivity contribution in [1.82, 2.24) is 14.9 Å². The van der Waals surface area contributed by atoms with Crippen LogP contribution in [0.2, 0.25) is 0 Å². The van der Waals surface area contributed by atoms with Gasteiger partial charge in [0.2, 0.25) is 5.82 Å². The number of hydrogen-bond acceptors (Lipinski definition) is 4. The van der Waals surface area contributed by atoms with Gasteiger partial charge in [-0.25, -0.2) is 9.97 Å². The number of aryl methyl sites for hydroxylation is 1. The van der Waals surface area contributed by atoms with E-state index in [2.05, 4.69) is 9.97 Å². The van der Waals surface area contributed by atoms with E-state index in [9.17, 15) is 22.8 Å². The van der Waals surface area contributed by atoms with Crippen molar-refractivity contribution in [2.24, 2.45) is 11.3 Å². The highest BCUT2D eigenvalue weighted by Crippen LogP contribution is 2.58. The summed E-state index contributed by atoms with van der Waals surface area (Å²) in [5, 5.41) is 9.13. The van der Waals surface area contributed by atoms with Gasteiger partial charge in [-0.15, -0.1) is 0 Å². The smallest absolute Gasteiger partial charge is 0.451 e. The number of carboxylic acids is 1. The van der Waals surface area contributed by atoms with E-state index in [1.807, 2.05) is 0 Å². The summed E-state index contributed by atoms with van der Waals surface area (Å²) in [5.41, 5.74) is -0.684. The molecular weight excluding hydrogens is 327 g/mol. The Labute approximate surface area is 135 Å². The summed E-state index contributed by atoms with van der Waals surface area (Å²) in [6.07, 6.45) is -2.88. The van der Waals surface area contributed by atoms with Gasteiger partial charge in [0.1, 0.15) is 5.69 Å². The van der Waals surface area contributed by atoms with Gasteiger partial charge in [0.05, 0.1) is 5.92 Å². The number of amides is 1. The maximum Gasteiger partial charge on any atom is 0.451 e. The van der Waals surface area contributed by atoms with Crippen molar-refractivity contribution >= 4 is 11.9 Å². The van der Waals surface area contributed by atoms with Gasteiger partial charge in [-0.3, -0.25) is 9.59 Å². The van der Waals surface area contributed by atoms with Crippen molar-refractivity contribution in [3.8, 4) is 0 Å². The van der Waals surface area contributed by atoms with E-state index < -0.39 is 35.2 Å². The third-order valence-corrected chi connectivity index (χ3v) is 4.71. The van der Waals surface area contributed by atoms with E-state index in [4.69, 9.17) is 5.11 Å². The molecule has 1 amide bonds. The Hall–Kier alpha value is -2.19. The molecule has 2 fully saturated rings. The Bertz CT molecular complexity index is 707. The molecule has 2 atom stereocenters. The van der Waals surface area contributed by atoms with Crippen molar-refractivity contribution in [3.05, 3.63) is 23.3 Å². The molecule has 1 saturated heterocycles. The molecule has 9 heteroatoms. The number of carbonyl (C=O) groups excluding carboxylic acids is 1. The number of carbonyl (C=O) groups is 2. The van der Waals surface area contributed by atoms with Crippen LogP contribution in [0.4, 0.5) is 13.2 Å². The first-order valence-electron chi connectivity index (χ1n) is 7.57. The van der Waals surface area contributed by atoms with Crippen LogP contribution in [0.25, 0.3) is 0 Å². The van der Waals surface area contributed by atoms with Gasteiger partial charge < -0.3 is 10.0 Å². The lowest BCUT2D eigenvalue weighted by molar-refractivity contribution is -0.145. The summed E-state index contributed by atoms with van der Waals surface area (Å²) in [5.74, 6) is -3.32. The molecule has 0 bridgehead atoms. The molecule has 1 aliphatic carbocycles. The minimum absolute atomic E-state index is 0.0576. The standard InChI is InChI=1S/C15H16F3N3O3/c1-8-5-10(20-13(19-8)15(16,17)18)11(22)21-4-2-3-14(7-21)6-9(14)12(23)24/h5,9H,2-4,6-7H2,1H3,(H,23,24). The molecule has 1 spiro atoms. The molecule has 0 aromatic carbocycles. The lowest BCUT2D eigenvalue weighted by Gasteiger charge is -2.33. The second-order valence-corrected chi connectivity index (χ2v) is 6.50. The highest BCUT2D eigenvalue weighted by Gasteiger charge is 2.60. The van der Waals surface area contributed by atoms with Crippen molar-refractivity contribution in [2.75, 3.05) is 13.1 Å². The fraction of sp³-hybridized carbons (Fsp3) is 0.600. The Morgan fingerprint density at radius 1 is 1.38 bits per heavy atom. The molecule has 6 nitrogen and oxygen atoms in total. The SMILES string of the molecule is Cc1cc(C(=O)N2CCCC3(CC3C(=O)O)C2)nc(C(F)(F)F)n1. The van der Waals surface area contributed by atoms with Gasteiger partial charge >= 0.3 is 12.1 Å². The van der Waals surface area contributed by atoms with E-state index in [-0.39, 0.29) is 17.9 Å². The highest BCUT2D eigenvalue weighted by molar-refractivity contribution is 5.92. The van der Waals surface area contributed by atoms with E-state index in [1.165, 1.54) is 17.9 Å². The Kier molecular flexibility index (Phi) is 3.76. The lowest BCUT2D eigenvalue weighted by atomic mass is 9.92. The quantitative estimate of drug-likeness (QED) is 0.889. The molecule has 0 radical (unpaired) electrons. The molecule has 2 heterocycles. The second-order valence-electron chi connectivity index (χ2n) is 6.50. The van der Waals surface area contributed by atoms with Crippen molar-refractivity contribution < 1.29 is 27.9 Å². The predicted octanol–water partition coefficient (Wildman–Crippen LogP) is 2.13. The van der Waals surface area contributed by atoms with Gasteiger partial charge in [0.15, 0.2) is 0 Å². The number of likely N-dealkylation sites (tertiary alicyclic amines) is 1. The van der Waals surface area contributed by atoms with Crippen molar-refractivity contribution in [3.63, 3.8) is 0 Å². The third-order valence-electron chi connectivity index (χ3n) is 4.71. The maximum absolute atomic E-state index is 12.8. The molecule has 1 N–H and O–H groups in total. The van der Waals surface area contributed by atoms with Gasteiger partial charge in [-0.05, 0) is 32.3 Å². The first-order chi connectivity index (χ1) is 11.1. The number of rotatable bonds is 2. The van der Waals surface area contributed by atoms with E-state index >= 15 is 0 Å². The van der Waals surface area contributed by atoms with Crippen LogP contribution in [0.3, 0.4) is 0 Å². The number of hydrogen-bond donors (Lipinski definition) is 1. The zero-order valence-electron chi connectivity index (χ0n) is 12.9. The van der Waals surface area contributed by atoms with Crippen LogP contribution in [0.5, 0.6) is 0 Å². The lowest BCUT2D eigenvalue weighted by Crippen LogP contribution is -2.42. The number of halogens is 3. The van der Waals surface area contributed by atoms with E-state index in [0.29, 0.717) is 25.8 Å². The van der Waals surface area contributed by atoms with E-state index in [1.54, 1.807) is 0 Å². The predicted molar refractivity (Wildman–Crippen MR) is 75.1 cm³/mol. The summed E-state index contributed by atoms with van der Waals surface area (Å²) in [6.45, 7) is 2.00. The first kappa shape index (κ1) is 16.7. The minimum Gasteiger partial charge on any atom is -0.481 e. The molecule has 1 aromatic rings. The van der Waals surface area contributed by atoms with Crippen LogP contribution < -0.4 is 0 Å². The summed E-state index contributed by atoms with van der Waals surface area (Å²) < 4.78 is 38.4. The molecule has 1 aromatic heterocycles. The van der Waals surface area contributed by atoms with Crippen molar-refractivity contribution in [1.29, 1.82) is 0 Å². The van der Waals surface area contributed by atoms with E-state index in [0.717, 1.165) is 0 Å². The largest absolute Gasteiger partial charge is 0.481 e. The summed E-state index contributed by atoms with van der Waals surface area (Å²) in [7, 11) is 0.